The van der Waals surface area contributed by atoms with Gasteiger partial charge in [0.1, 0.15) is 0 Å². The lowest BCUT2D eigenvalue weighted by Crippen LogP contribution is -2.33. The van der Waals surface area contributed by atoms with E-state index in [9.17, 15) is 0 Å². The summed E-state index contributed by atoms with van der Waals surface area (Å²) in [5, 5.41) is 0. The number of hydrogen-bond donors (Lipinski definition) is 1. The van der Waals surface area contributed by atoms with Gasteiger partial charge in [-0.25, -0.2) is 0 Å². The zero-order valence-electron chi connectivity index (χ0n) is 13.0. The summed E-state index contributed by atoms with van der Waals surface area (Å²) in [5.74, 6) is 0. The van der Waals surface area contributed by atoms with Crippen LogP contribution in [0.15, 0.2) is 24.3 Å². The van der Waals surface area contributed by atoms with Crippen molar-refractivity contribution in [3.8, 4) is 0 Å². The molecule has 108 valence electrons. The summed E-state index contributed by atoms with van der Waals surface area (Å²) in [6.07, 6.45) is 4.66. The molecule has 0 aliphatic heterocycles. The molecule has 0 bridgehead atoms. The molecule has 1 unspecified atom stereocenters. The standard InChI is InChI=1S/C17H30N2/c1-5-8-13-19(14(4)6-2)16-11-9-15(10-12-16)17(18)7-3/h9-12,14,17H,5-8,13,18H2,1-4H3/t14?,17-/m0/s1. The minimum absolute atomic E-state index is 0.168. The highest BCUT2D eigenvalue weighted by Crippen LogP contribution is 2.22. The average Bonchev–Trinajstić information content (AvgIpc) is 2.47. The third-order valence-corrected chi connectivity index (χ3v) is 3.97. The largest absolute Gasteiger partial charge is 0.369 e. The number of benzene rings is 1. The Morgan fingerprint density at radius 3 is 2.16 bits per heavy atom. The zero-order chi connectivity index (χ0) is 14.3. The van der Waals surface area contributed by atoms with Crippen molar-refractivity contribution in [2.24, 2.45) is 5.73 Å². The van der Waals surface area contributed by atoms with E-state index in [1.54, 1.807) is 0 Å². The summed E-state index contributed by atoms with van der Waals surface area (Å²) >= 11 is 0. The quantitative estimate of drug-likeness (QED) is 0.747. The molecular formula is C17H30N2. The molecule has 0 spiro atoms. The van der Waals surface area contributed by atoms with Crippen molar-refractivity contribution in [2.45, 2.75) is 65.5 Å². The Hall–Kier alpha value is -1.02. The van der Waals surface area contributed by atoms with Gasteiger partial charge in [-0.3, -0.25) is 0 Å². The molecule has 0 aliphatic carbocycles. The first kappa shape index (κ1) is 16.0. The molecular weight excluding hydrogens is 232 g/mol. The summed E-state index contributed by atoms with van der Waals surface area (Å²) < 4.78 is 0. The molecule has 0 radical (unpaired) electrons. The first-order valence-electron chi connectivity index (χ1n) is 7.76. The molecule has 2 atom stereocenters. The van der Waals surface area contributed by atoms with Crippen LogP contribution >= 0.6 is 0 Å². The topological polar surface area (TPSA) is 29.3 Å². The van der Waals surface area contributed by atoms with Crippen LogP contribution in [0.1, 0.15) is 65.0 Å². The van der Waals surface area contributed by atoms with E-state index in [4.69, 9.17) is 5.73 Å². The SMILES string of the molecule is CCCCN(c1ccc([C@@H](N)CC)cc1)C(C)CC. The molecule has 0 fully saturated rings. The molecule has 2 heteroatoms. The fraction of sp³-hybridized carbons (Fsp3) is 0.647. The number of unbranched alkanes of at least 4 members (excludes halogenated alkanes) is 1. The molecule has 19 heavy (non-hydrogen) atoms. The highest BCUT2D eigenvalue weighted by molar-refractivity contribution is 5.48. The fourth-order valence-corrected chi connectivity index (χ4v) is 2.30. The van der Waals surface area contributed by atoms with E-state index in [0.29, 0.717) is 6.04 Å². The van der Waals surface area contributed by atoms with Crippen LogP contribution in [-0.4, -0.2) is 12.6 Å². The Balaban J connectivity index is 2.84. The maximum Gasteiger partial charge on any atom is 0.0368 e. The zero-order valence-corrected chi connectivity index (χ0v) is 13.0. The molecule has 0 aliphatic rings. The van der Waals surface area contributed by atoms with Crippen molar-refractivity contribution in [3.63, 3.8) is 0 Å². The van der Waals surface area contributed by atoms with Gasteiger partial charge < -0.3 is 10.6 Å². The van der Waals surface area contributed by atoms with Gasteiger partial charge in [0.05, 0.1) is 0 Å². The maximum absolute atomic E-state index is 6.07. The molecule has 0 saturated heterocycles. The van der Waals surface area contributed by atoms with Crippen molar-refractivity contribution in [1.29, 1.82) is 0 Å². The van der Waals surface area contributed by atoms with Gasteiger partial charge in [-0.15, -0.1) is 0 Å². The number of nitrogens with two attached hydrogens (primary N) is 1. The van der Waals surface area contributed by atoms with Crippen molar-refractivity contribution in [2.75, 3.05) is 11.4 Å². The van der Waals surface area contributed by atoms with E-state index in [1.165, 1.54) is 30.5 Å². The minimum Gasteiger partial charge on any atom is -0.369 e. The Labute approximate surface area is 119 Å². The number of anilines is 1. The second kappa shape index (κ2) is 8.21. The van der Waals surface area contributed by atoms with Gasteiger partial charge >= 0.3 is 0 Å². The van der Waals surface area contributed by atoms with E-state index >= 15 is 0 Å². The average molecular weight is 262 g/mol. The van der Waals surface area contributed by atoms with E-state index in [2.05, 4.69) is 56.9 Å². The third kappa shape index (κ3) is 4.54. The van der Waals surface area contributed by atoms with Crippen LogP contribution in [0.4, 0.5) is 5.69 Å². The van der Waals surface area contributed by atoms with E-state index in [0.717, 1.165) is 13.0 Å². The van der Waals surface area contributed by atoms with E-state index < -0.39 is 0 Å². The number of rotatable bonds is 8. The summed E-state index contributed by atoms with van der Waals surface area (Å²) in [4.78, 5) is 2.52. The van der Waals surface area contributed by atoms with Crippen molar-refractivity contribution >= 4 is 5.69 Å². The van der Waals surface area contributed by atoms with Gasteiger partial charge in [0.15, 0.2) is 0 Å². The van der Waals surface area contributed by atoms with Crippen molar-refractivity contribution < 1.29 is 0 Å². The van der Waals surface area contributed by atoms with Gasteiger partial charge in [0, 0.05) is 24.3 Å². The second-order valence-corrected chi connectivity index (χ2v) is 5.41. The molecule has 1 rings (SSSR count). The molecule has 1 aromatic carbocycles. The van der Waals surface area contributed by atoms with E-state index in [-0.39, 0.29) is 6.04 Å². The van der Waals surface area contributed by atoms with Crippen LogP contribution in [0, 0.1) is 0 Å². The molecule has 2 nitrogen and oxygen atoms in total. The van der Waals surface area contributed by atoms with E-state index in [1.807, 2.05) is 0 Å². The smallest absolute Gasteiger partial charge is 0.0368 e. The van der Waals surface area contributed by atoms with Gasteiger partial charge in [-0.1, -0.05) is 39.3 Å². The van der Waals surface area contributed by atoms with Gasteiger partial charge in [-0.05, 0) is 43.9 Å². The lowest BCUT2D eigenvalue weighted by Gasteiger charge is -2.31. The normalized spacial score (nSPS) is 14.2. The third-order valence-electron chi connectivity index (χ3n) is 3.97. The predicted molar refractivity (Wildman–Crippen MR) is 85.7 cm³/mol. The molecule has 0 saturated carbocycles. The Bertz CT molecular complexity index is 345. The second-order valence-electron chi connectivity index (χ2n) is 5.41. The molecule has 1 aromatic rings. The fourth-order valence-electron chi connectivity index (χ4n) is 2.30. The summed E-state index contributed by atoms with van der Waals surface area (Å²) in [7, 11) is 0. The highest BCUT2D eigenvalue weighted by atomic mass is 15.2. The van der Waals surface area contributed by atoms with Crippen LogP contribution in [0.3, 0.4) is 0 Å². The number of nitrogens with zero attached hydrogens (tertiary/aromatic N) is 1. The van der Waals surface area contributed by atoms with Crippen LogP contribution < -0.4 is 10.6 Å². The van der Waals surface area contributed by atoms with Crippen LogP contribution in [0.2, 0.25) is 0 Å². The predicted octanol–water partition coefficient (Wildman–Crippen LogP) is 4.50. The lowest BCUT2D eigenvalue weighted by molar-refractivity contribution is 0.595. The summed E-state index contributed by atoms with van der Waals surface area (Å²) in [5.41, 5.74) is 8.64. The Morgan fingerprint density at radius 1 is 1.05 bits per heavy atom. The van der Waals surface area contributed by atoms with Gasteiger partial charge in [-0.2, -0.15) is 0 Å². The first-order chi connectivity index (χ1) is 9.13. The highest BCUT2D eigenvalue weighted by Gasteiger charge is 2.13. The van der Waals surface area contributed by atoms with Crippen LogP contribution in [-0.2, 0) is 0 Å². The van der Waals surface area contributed by atoms with Crippen LogP contribution in [0.5, 0.6) is 0 Å². The molecule has 0 heterocycles. The lowest BCUT2D eigenvalue weighted by atomic mass is 10.0. The summed E-state index contributed by atoms with van der Waals surface area (Å²) in [6.45, 7) is 10.1. The van der Waals surface area contributed by atoms with Crippen molar-refractivity contribution in [3.05, 3.63) is 29.8 Å². The Kier molecular flexibility index (Phi) is 6.93. The summed E-state index contributed by atoms with van der Waals surface area (Å²) in [6, 6.07) is 9.59. The molecule has 2 N–H and O–H groups in total. The number of hydrogen-bond acceptors (Lipinski definition) is 2. The molecule has 0 aromatic heterocycles. The molecule has 0 amide bonds. The minimum atomic E-state index is 0.168. The monoisotopic (exact) mass is 262 g/mol. The first-order valence-corrected chi connectivity index (χ1v) is 7.76. The van der Waals surface area contributed by atoms with Crippen LogP contribution in [0.25, 0.3) is 0 Å². The van der Waals surface area contributed by atoms with Crippen molar-refractivity contribution in [1.82, 2.24) is 0 Å². The maximum atomic E-state index is 6.07. The Morgan fingerprint density at radius 2 is 1.68 bits per heavy atom. The van der Waals surface area contributed by atoms with Gasteiger partial charge in [0.2, 0.25) is 0 Å². The van der Waals surface area contributed by atoms with Gasteiger partial charge in [0.25, 0.3) is 0 Å².